The maximum atomic E-state index is 5.49. The smallest absolute Gasteiger partial charge is 0.00110 e. The first-order valence-corrected chi connectivity index (χ1v) is 3.14. The molecule has 8 heavy (non-hydrogen) atoms. The highest BCUT2D eigenvalue weighted by Crippen LogP contribution is 1.95. The van der Waals surface area contributed by atoms with E-state index in [4.69, 9.17) is 11.5 Å². The molecule has 4 N–H and O–H groups in total. The van der Waals surface area contributed by atoms with Crippen LogP contribution in [-0.2, 0) is 0 Å². The van der Waals surface area contributed by atoms with Gasteiger partial charge in [-0.3, -0.25) is 0 Å². The molecule has 0 saturated carbocycles. The van der Waals surface area contributed by atoms with Gasteiger partial charge in [0.2, 0.25) is 0 Å². The van der Waals surface area contributed by atoms with Crippen molar-refractivity contribution in [1.29, 1.82) is 0 Å². The Morgan fingerprint density at radius 1 is 1.00 bits per heavy atom. The number of rotatable bonds is 3. The highest BCUT2D eigenvalue weighted by molar-refractivity contribution is 4.58. The third-order valence-electron chi connectivity index (χ3n) is 1.08. The highest BCUT2D eigenvalue weighted by Gasteiger charge is 1.96. The molecule has 0 aromatic carbocycles. The SMILES string of the molecule is C[C@H](N)CC[C@@H](C)N. The van der Waals surface area contributed by atoms with Crippen LogP contribution in [0.3, 0.4) is 0 Å². The summed E-state index contributed by atoms with van der Waals surface area (Å²) in [5.41, 5.74) is 11.0. The molecule has 0 amide bonds. The second-order valence-electron chi connectivity index (χ2n) is 2.53. The second kappa shape index (κ2) is 3.87. The fourth-order valence-electron chi connectivity index (χ4n) is 0.526. The summed E-state index contributed by atoms with van der Waals surface area (Å²) in [6.45, 7) is 4.00. The first-order chi connectivity index (χ1) is 3.63. The molecule has 2 atom stereocenters. The fraction of sp³-hybridized carbons (Fsp3) is 1.00. The standard InChI is InChI=1S/C6H16N2/c1-5(7)3-4-6(2)8/h5-6H,3-4,7-8H2,1-2H3/t5-,6+. The van der Waals surface area contributed by atoms with Crippen molar-refractivity contribution < 1.29 is 0 Å². The van der Waals surface area contributed by atoms with Crippen molar-refractivity contribution in [1.82, 2.24) is 0 Å². The predicted molar refractivity (Wildman–Crippen MR) is 36.5 cm³/mol. The van der Waals surface area contributed by atoms with E-state index in [1.807, 2.05) is 13.8 Å². The van der Waals surface area contributed by atoms with Crippen LogP contribution < -0.4 is 11.5 Å². The van der Waals surface area contributed by atoms with Gasteiger partial charge in [0.25, 0.3) is 0 Å². The maximum Gasteiger partial charge on any atom is 0.00110 e. The van der Waals surface area contributed by atoms with E-state index in [0.29, 0.717) is 12.1 Å². The van der Waals surface area contributed by atoms with E-state index in [9.17, 15) is 0 Å². The van der Waals surface area contributed by atoms with Crippen LogP contribution in [0, 0.1) is 0 Å². The number of nitrogens with two attached hydrogens (primary N) is 2. The van der Waals surface area contributed by atoms with E-state index < -0.39 is 0 Å². The van der Waals surface area contributed by atoms with Crippen LogP contribution >= 0.6 is 0 Å². The summed E-state index contributed by atoms with van der Waals surface area (Å²) < 4.78 is 0. The van der Waals surface area contributed by atoms with Crippen LogP contribution in [0.2, 0.25) is 0 Å². The summed E-state index contributed by atoms with van der Waals surface area (Å²) in [5.74, 6) is 0. The van der Waals surface area contributed by atoms with Gasteiger partial charge in [-0.05, 0) is 26.7 Å². The van der Waals surface area contributed by atoms with Gasteiger partial charge in [-0.25, -0.2) is 0 Å². The molecule has 0 radical (unpaired) electrons. The zero-order valence-electron chi connectivity index (χ0n) is 5.72. The van der Waals surface area contributed by atoms with E-state index in [2.05, 4.69) is 0 Å². The van der Waals surface area contributed by atoms with E-state index >= 15 is 0 Å². The van der Waals surface area contributed by atoms with Crippen LogP contribution in [-0.4, -0.2) is 12.1 Å². The summed E-state index contributed by atoms with van der Waals surface area (Å²) in [6.07, 6.45) is 2.08. The summed E-state index contributed by atoms with van der Waals surface area (Å²) in [4.78, 5) is 0. The molecule has 0 fully saturated rings. The second-order valence-corrected chi connectivity index (χ2v) is 2.53. The van der Waals surface area contributed by atoms with Gasteiger partial charge in [0, 0.05) is 12.1 Å². The molecule has 0 aliphatic heterocycles. The molecule has 0 rings (SSSR count). The van der Waals surface area contributed by atoms with Crippen LogP contribution in [0.15, 0.2) is 0 Å². The number of hydrogen-bond donors (Lipinski definition) is 2. The maximum absolute atomic E-state index is 5.49. The van der Waals surface area contributed by atoms with Crippen molar-refractivity contribution in [2.24, 2.45) is 11.5 Å². The van der Waals surface area contributed by atoms with Gasteiger partial charge in [0.1, 0.15) is 0 Å². The zero-order valence-corrected chi connectivity index (χ0v) is 5.72. The van der Waals surface area contributed by atoms with Gasteiger partial charge in [0.05, 0.1) is 0 Å². The molecule has 2 nitrogen and oxygen atoms in total. The highest BCUT2D eigenvalue weighted by atomic mass is 14.6. The number of hydrogen-bond acceptors (Lipinski definition) is 2. The Morgan fingerprint density at radius 3 is 1.38 bits per heavy atom. The fourth-order valence-corrected chi connectivity index (χ4v) is 0.526. The van der Waals surface area contributed by atoms with E-state index in [1.165, 1.54) is 0 Å². The lowest BCUT2D eigenvalue weighted by Gasteiger charge is -2.06. The molecular formula is C6H16N2. The predicted octanol–water partition coefficient (Wildman–Crippen LogP) is 0.461. The summed E-state index contributed by atoms with van der Waals surface area (Å²) in [5, 5.41) is 0. The Balaban J connectivity index is 2.93. The molecule has 0 saturated heterocycles. The molecular weight excluding hydrogens is 100 g/mol. The summed E-state index contributed by atoms with van der Waals surface area (Å²) in [6, 6.07) is 0.613. The lowest BCUT2D eigenvalue weighted by Crippen LogP contribution is -2.21. The molecule has 0 unspecified atom stereocenters. The van der Waals surface area contributed by atoms with Gasteiger partial charge in [-0.15, -0.1) is 0 Å². The molecule has 50 valence electrons. The topological polar surface area (TPSA) is 52.0 Å². The monoisotopic (exact) mass is 116 g/mol. The molecule has 0 aliphatic carbocycles. The van der Waals surface area contributed by atoms with Crippen molar-refractivity contribution in [3.8, 4) is 0 Å². The van der Waals surface area contributed by atoms with Crippen LogP contribution in [0.25, 0.3) is 0 Å². The van der Waals surface area contributed by atoms with Gasteiger partial charge in [-0.2, -0.15) is 0 Å². The van der Waals surface area contributed by atoms with Crippen LogP contribution in [0.4, 0.5) is 0 Å². The lowest BCUT2D eigenvalue weighted by atomic mass is 10.1. The van der Waals surface area contributed by atoms with Gasteiger partial charge in [0.15, 0.2) is 0 Å². The summed E-state index contributed by atoms with van der Waals surface area (Å²) >= 11 is 0. The average Bonchev–Trinajstić information content (AvgIpc) is 1.61. The quantitative estimate of drug-likeness (QED) is 0.563. The Labute approximate surface area is 51.2 Å². The molecule has 0 aromatic rings. The largest absolute Gasteiger partial charge is 0.328 e. The molecule has 0 aliphatic rings. The average molecular weight is 116 g/mol. The molecule has 0 heterocycles. The van der Waals surface area contributed by atoms with Crippen molar-refractivity contribution in [3.05, 3.63) is 0 Å². The Hall–Kier alpha value is -0.0800. The van der Waals surface area contributed by atoms with E-state index in [1.54, 1.807) is 0 Å². The van der Waals surface area contributed by atoms with Crippen molar-refractivity contribution >= 4 is 0 Å². The van der Waals surface area contributed by atoms with Gasteiger partial charge in [-0.1, -0.05) is 0 Å². The Kier molecular flexibility index (Phi) is 3.83. The third kappa shape index (κ3) is 5.92. The van der Waals surface area contributed by atoms with Crippen molar-refractivity contribution in [3.63, 3.8) is 0 Å². The molecule has 0 aromatic heterocycles. The molecule has 0 spiro atoms. The van der Waals surface area contributed by atoms with Gasteiger partial charge >= 0.3 is 0 Å². The molecule has 0 bridgehead atoms. The Bertz CT molecular complexity index is 42.5. The van der Waals surface area contributed by atoms with Gasteiger partial charge < -0.3 is 11.5 Å². The van der Waals surface area contributed by atoms with Crippen LogP contribution in [0.1, 0.15) is 26.7 Å². The lowest BCUT2D eigenvalue weighted by molar-refractivity contribution is 0.564. The minimum absolute atomic E-state index is 0.306. The zero-order chi connectivity index (χ0) is 6.57. The van der Waals surface area contributed by atoms with E-state index in [0.717, 1.165) is 12.8 Å². The minimum Gasteiger partial charge on any atom is -0.328 e. The van der Waals surface area contributed by atoms with Crippen LogP contribution in [0.5, 0.6) is 0 Å². The van der Waals surface area contributed by atoms with Crippen molar-refractivity contribution in [2.75, 3.05) is 0 Å². The molecule has 2 heteroatoms. The first kappa shape index (κ1) is 7.92. The Morgan fingerprint density at radius 2 is 1.25 bits per heavy atom. The van der Waals surface area contributed by atoms with E-state index in [-0.39, 0.29) is 0 Å². The summed E-state index contributed by atoms with van der Waals surface area (Å²) in [7, 11) is 0. The minimum atomic E-state index is 0.306. The van der Waals surface area contributed by atoms with Crippen molar-refractivity contribution in [2.45, 2.75) is 38.8 Å². The normalized spacial score (nSPS) is 18.0. The third-order valence-corrected chi connectivity index (χ3v) is 1.08. The first-order valence-electron chi connectivity index (χ1n) is 3.14.